The smallest absolute Gasteiger partial charge is 0.225 e. The van der Waals surface area contributed by atoms with Crippen molar-refractivity contribution in [3.63, 3.8) is 0 Å². The van der Waals surface area contributed by atoms with Crippen molar-refractivity contribution in [1.29, 1.82) is 0 Å². The molecule has 3 N–H and O–H groups in total. The summed E-state index contributed by atoms with van der Waals surface area (Å²) in [6, 6.07) is 3.83. The molecule has 0 aliphatic carbocycles. The van der Waals surface area contributed by atoms with E-state index in [1.165, 1.54) is 0 Å². The van der Waals surface area contributed by atoms with Crippen LogP contribution in [0.1, 0.15) is 36.9 Å². The largest absolute Gasteiger partial charge is 0.359 e. The van der Waals surface area contributed by atoms with Gasteiger partial charge in [0.1, 0.15) is 0 Å². The van der Waals surface area contributed by atoms with Crippen LogP contribution in [-0.4, -0.2) is 25.3 Å². The van der Waals surface area contributed by atoms with E-state index in [0.29, 0.717) is 30.0 Å². The van der Waals surface area contributed by atoms with Gasteiger partial charge >= 0.3 is 0 Å². The second kappa shape index (κ2) is 7.00. The zero-order chi connectivity index (χ0) is 17.1. The summed E-state index contributed by atoms with van der Waals surface area (Å²) < 4.78 is 5.90. The highest BCUT2D eigenvalue weighted by Gasteiger charge is 2.10. The van der Waals surface area contributed by atoms with Crippen molar-refractivity contribution in [2.24, 2.45) is 0 Å². The van der Waals surface area contributed by atoms with Crippen molar-refractivity contribution in [3.8, 4) is 0 Å². The molecule has 0 fully saturated rings. The molecule has 3 aromatic heterocycles. The molecule has 0 unspecified atom stereocenters. The van der Waals surface area contributed by atoms with Crippen LogP contribution < -0.4 is 10.6 Å². The van der Waals surface area contributed by atoms with Crippen LogP contribution >= 0.6 is 15.9 Å². The lowest BCUT2D eigenvalue weighted by Gasteiger charge is -2.07. The molecule has 8 nitrogen and oxygen atoms in total. The van der Waals surface area contributed by atoms with E-state index in [-0.39, 0.29) is 0 Å². The van der Waals surface area contributed by atoms with Crippen LogP contribution in [0.3, 0.4) is 0 Å². The van der Waals surface area contributed by atoms with Crippen molar-refractivity contribution in [2.75, 3.05) is 10.6 Å². The first-order chi connectivity index (χ1) is 11.5. The van der Waals surface area contributed by atoms with Gasteiger partial charge in [0.2, 0.25) is 5.95 Å². The highest BCUT2D eigenvalue weighted by molar-refractivity contribution is 9.10. The lowest BCUT2D eigenvalue weighted by atomic mass is 10.1. The highest BCUT2D eigenvalue weighted by atomic mass is 79.9. The van der Waals surface area contributed by atoms with Gasteiger partial charge in [0.25, 0.3) is 0 Å². The molecule has 0 aromatic carbocycles. The van der Waals surface area contributed by atoms with Gasteiger partial charge in [-0.3, -0.25) is 5.10 Å². The third kappa shape index (κ3) is 3.91. The zero-order valence-electron chi connectivity index (χ0n) is 13.6. The van der Waals surface area contributed by atoms with E-state index in [9.17, 15) is 0 Å². The Hall–Kier alpha value is -2.42. The summed E-state index contributed by atoms with van der Waals surface area (Å²) in [7, 11) is 0. The van der Waals surface area contributed by atoms with Gasteiger partial charge in [0.05, 0.1) is 16.7 Å². The minimum Gasteiger partial charge on any atom is -0.359 e. The number of rotatable bonds is 6. The Morgan fingerprint density at radius 1 is 1.33 bits per heavy atom. The van der Waals surface area contributed by atoms with Gasteiger partial charge < -0.3 is 15.2 Å². The molecule has 0 amide bonds. The van der Waals surface area contributed by atoms with Crippen molar-refractivity contribution in [3.05, 3.63) is 40.0 Å². The number of hydrogen-bond donors (Lipinski definition) is 3. The van der Waals surface area contributed by atoms with Crippen LogP contribution in [-0.2, 0) is 6.54 Å². The van der Waals surface area contributed by atoms with E-state index >= 15 is 0 Å². The number of hydrogen-bond acceptors (Lipinski definition) is 7. The Morgan fingerprint density at radius 2 is 2.17 bits per heavy atom. The SMILES string of the molecule is Cc1cc(CNc2ncc(Br)c(Nc3cc(C(C)C)[nH]n3)n2)on1. The number of anilines is 3. The van der Waals surface area contributed by atoms with Gasteiger partial charge in [-0.05, 0) is 28.8 Å². The third-order valence-electron chi connectivity index (χ3n) is 3.31. The van der Waals surface area contributed by atoms with Gasteiger partial charge in [0.15, 0.2) is 17.4 Å². The molecule has 0 saturated carbocycles. The summed E-state index contributed by atoms with van der Waals surface area (Å²) in [5, 5.41) is 17.4. The summed E-state index contributed by atoms with van der Waals surface area (Å²) >= 11 is 3.44. The maximum Gasteiger partial charge on any atom is 0.225 e. The molecule has 126 valence electrons. The molecular formula is C15H18BrN7O. The quantitative estimate of drug-likeness (QED) is 0.587. The lowest BCUT2D eigenvalue weighted by molar-refractivity contribution is 0.384. The fraction of sp³-hybridized carbons (Fsp3) is 0.333. The average Bonchev–Trinajstić information content (AvgIpc) is 3.17. The van der Waals surface area contributed by atoms with E-state index in [1.807, 2.05) is 19.1 Å². The summed E-state index contributed by atoms with van der Waals surface area (Å²) in [5.74, 6) is 2.92. The molecule has 3 aromatic rings. The van der Waals surface area contributed by atoms with Crippen molar-refractivity contribution in [2.45, 2.75) is 33.2 Å². The Kier molecular flexibility index (Phi) is 4.79. The molecule has 0 radical (unpaired) electrons. The van der Waals surface area contributed by atoms with E-state index in [0.717, 1.165) is 21.6 Å². The van der Waals surface area contributed by atoms with Crippen LogP contribution in [0.15, 0.2) is 27.3 Å². The van der Waals surface area contributed by atoms with Gasteiger partial charge in [0, 0.05) is 24.0 Å². The van der Waals surface area contributed by atoms with Gasteiger partial charge in [-0.1, -0.05) is 19.0 Å². The molecule has 0 aliphatic rings. The molecule has 3 heterocycles. The first kappa shape index (κ1) is 16.4. The zero-order valence-corrected chi connectivity index (χ0v) is 15.2. The van der Waals surface area contributed by atoms with Crippen LogP contribution in [0.25, 0.3) is 0 Å². The first-order valence-corrected chi connectivity index (χ1v) is 8.31. The van der Waals surface area contributed by atoms with E-state index in [2.05, 4.69) is 65.7 Å². The predicted octanol–water partition coefficient (Wildman–Crippen LogP) is 3.74. The second-order valence-corrected chi connectivity index (χ2v) is 6.52. The summed E-state index contributed by atoms with van der Waals surface area (Å²) in [4.78, 5) is 8.68. The second-order valence-electron chi connectivity index (χ2n) is 5.67. The fourth-order valence-electron chi connectivity index (χ4n) is 2.02. The number of nitrogens with zero attached hydrogens (tertiary/aromatic N) is 4. The molecular weight excluding hydrogens is 374 g/mol. The molecule has 0 bridgehead atoms. The van der Waals surface area contributed by atoms with Gasteiger partial charge in [-0.25, -0.2) is 4.98 Å². The Balaban J connectivity index is 1.70. The van der Waals surface area contributed by atoms with Gasteiger partial charge in [-0.15, -0.1) is 0 Å². The molecule has 0 aliphatic heterocycles. The molecule has 9 heteroatoms. The maximum absolute atomic E-state index is 5.15. The lowest BCUT2D eigenvalue weighted by Crippen LogP contribution is -2.05. The molecule has 24 heavy (non-hydrogen) atoms. The number of aromatic nitrogens is 5. The Morgan fingerprint density at radius 3 is 2.83 bits per heavy atom. The van der Waals surface area contributed by atoms with Gasteiger partial charge in [-0.2, -0.15) is 10.1 Å². The topological polar surface area (TPSA) is 105 Å². The first-order valence-electron chi connectivity index (χ1n) is 7.52. The standard InChI is InChI=1S/C15H18BrN7O/c1-8(2)12-5-13(22-21-12)19-14-11(16)7-18-15(20-14)17-6-10-4-9(3)23-24-10/h4-5,7-8H,6H2,1-3H3,(H3,17,18,19,20,21,22). The van der Waals surface area contributed by atoms with Crippen LogP contribution in [0, 0.1) is 6.92 Å². The molecule has 0 saturated heterocycles. The molecule has 0 atom stereocenters. The Labute approximate surface area is 147 Å². The number of H-pyrrole nitrogens is 1. The van der Waals surface area contributed by atoms with Crippen molar-refractivity contribution in [1.82, 2.24) is 25.3 Å². The third-order valence-corrected chi connectivity index (χ3v) is 3.89. The fourth-order valence-corrected chi connectivity index (χ4v) is 2.31. The summed E-state index contributed by atoms with van der Waals surface area (Å²) in [6.45, 7) is 6.54. The van der Waals surface area contributed by atoms with Crippen LogP contribution in [0.5, 0.6) is 0 Å². The van der Waals surface area contributed by atoms with E-state index < -0.39 is 0 Å². The molecule has 0 spiro atoms. The van der Waals surface area contributed by atoms with E-state index in [1.54, 1.807) is 6.20 Å². The summed E-state index contributed by atoms with van der Waals surface area (Å²) in [5.41, 5.74) is 1.90. The average molecular weight is 392 g/mol. The van der Waals surface area contributed by atoms with Crippen molar-refractivity contribution < 1.29 is 4.52 Å². The highest BCUT2D eigenvalue weighted by Crippen LogP contribution is 2.24. The van der Waals surface area contributed by atoms with Crippen LogP contribution in [0.4, 0.5) is 17.6 Å². The van der Waals surface area contributed by atoms with E-state index in [4.69, 9.17) is 4.52 Å². The van der Waals surface area contributed by atoms with Crippen molar-refractivity contribution >= 4 is 33.5 Å². The Bertz CT molecular complexity index is 827. The van der Waals surface area contributed by atoms with Crippen LogP contribution in [0.2, 0.25) is 0 Å². The molecule has 3 rings (SSSR count). The minimum atomic E-state index is 0.379. The number of nitrogens with one attached hydrogen (secondary N) is 3. The maximum atomic E-state index is 5.15. The normalized spacial score (nSPS) is 11.0. The number of aryl methyl sites for hydroxylation is 1. The number of aromatic amines is 1. The number of halogens is 1. The monoisotopic (exact) mass is 391 g/mol. The summed E-state index contributed by atoms with van der Waals surface area (Å²) in [6.07, 6.45) is 1.68. The predicted molar refractivity (Wildman–Crippen MR) is 94.3 cm³/mol. The minimum absolute atomic E-state index is 0.379.